The van der Waals surface area contributed by atoms with Crippen molar-refractivity contribution in [1.82, 2.24) is 15.1 Å². The zero-order valence-electron chi connectivity index (χ0n) is 9.64. The summed E-state index contributed by atoms with van der Waals surface area (Å²) < 4.78 is 6.57. The van der Waals surface area contributed by atoms with Crippen molar-refractivity contribution in [3.63, 3.8) is 0 Å². The van der Waals surface area contributed by atoms with Gasteiger partial charge in [0, 0.05) is 24.8 Å². The molecule has 2 heterocycles. The monoisotopic (exact) mass is 223 g/mol. The molecule has 1 aliphatic rings. The van der Waals surface area contributed by atoms with E-state index in [1.54, 1.807) is 4.68 Å². The van der Waals surface area contributed by atoms with Crippen LogP contribution in [0.3, 0.4) is 0 Å². The maximum Gasteiger partial charge on any atom is 0.308 e. The summed E-state index contributed by atoms with van der Waals surface area (Å²) in [5.41, 5.74) is 1.14. The van der Waals surface area contributed by atoms with E-state index in [1.807, 2.05) is 19.4 Å². The van der Waals surface area contributed by atoms with Gasteiger partial charge in [-0.1, -0.05) is 0 Å². The van der Waals surface area contributed by atoms with Gasteiger partial charge in [0.25, 0.3) is 0 Å². The van der Waals surface area contributed by atoms with E-state index < -0.39 is 0 Å². The number of hydrogen-bond acceptors (Lipinski definition) is 4. The third kappa shape index (κ3) is 2.24. The van der Waals surface area contributed by atoms with Crippen molar-refractivity contribution in [3.05, 3.63) is 18.0 Å². The van der Waals surface area contributed by atoms with Gasteiger partial charge in [0.2, 0.25) is 0 Å². The summed E-state index contributed by atoms with van der Waals surface area (Å²) >= 11 is 0. The summed E-state index contributed by atoms with van der Waals surface area (Å²) in [6.07, 6.45) is 5.47. The standard InChI is InChI=1S/C11H17N3O2/c1-14-7-9(6-13-14)10-5-8(3-4-12-10)11(15)16-2/h6-8,10,12H,3-5H2,1-2H3. The van der Waals surface area contributed by atoms with Crippen molar-refractivity contribution in [2.75, 3.05) is 13.7 Å². The molecule has 0 aromatic carbocycles. The van der Waals surface area contributed by atoms with E-state index in [-0.39, 0.29) is 17.9 Å². The van der Waals surface area contributed by atoms with Crippen molar-refractivity contribution < 1.29 is 9.53 Å². The Morgan fingerprint density at radius 3 is 3.12 bits per heavy atom. The summed E-state index contributed by atoms with van der Waals surface area (Å²) in [6, 6.07) is 0.214. The Morgan fingerprint density at radius 1 is 1.69 bits per heavy atom. The van der Waals surface area contributed by atoms with E-state index in [4.69, 9.17) is 4.74 Å². The Hall–Kier alpha value is -1.36. The Bertz CT molecular complexity index is 375. The number of hydrogen-bond donors (Lipinski definition) is 1. The summed E-state index contributed by atoms with van der Waals surface area (Å²) in [4.78, 5) is 11.5. The third-order valence-corrected chi connectivity index (χ3v) is 3.07. The molecule has 0 aliphatic carbocycles. The van der Waals surface area contributed by atoms with Crippen molar-refractivity contribution in [1.29, 1.82) is 0 Å². The van der Waals surface area contributed by atoms with Crippen molar-refractivity contribution >= 4 is 5.97 Å². The molecule has 1 aromatic heterocycles. The van der Waals surface area contributed by atoms with Gasteiger partial charge in [-0.15, -0.1) is 0 Å². The summed E-state index contributed by atoms with van der Waals surface area (Å²) in [6.45, 7) is 0.847. The maximum atomic E-state index is 11.5. The van der Waals surface area contributed by atoms with Gasteiger partial charge in [-0.25, -0.2) is 0 Å². The average molecular weight is 223 g/mol. The molecule has 1 aliphatic heterocycles. The average Bonchev–Trinajstić information content (AvgIpc) is 2.75. The van der Waals surface area contributed by atoms with Crippen LogP contribution in [-0.4, -0.2) is 29.4 Å². The van der Waals surface area contributed by atoms with E-state index in [0.717, 1.165) is 24.9 Å². The van der Waals surface area contributed by atoms with Crippen molar-refractivity contribution in [3.8, 4) is 0 Å². The number of nitrogens with zero attached hydrogens (tertiary/aromatic N) is 2. The first-order chi connectivity index (χ1) is 7.70. The predicted octanol–water partition coefficient (Wildman–Crippen LogP) is 0.634. The Morgan fingerprint density at radius 2 is 2.50 bits per heavy atom. The highest BCUT2D eigenvalue weighted by atomic mass is 16.5. The van der Waals surface area contributed by atoms with Gasteiger partial charge in [0.15, 0.2) is 0 Å². The molecular weight excluding hydrogens is 206 g/mol. The topological polar surface area (TPSA) is 56.1 Å². The Kier molecular flexibility index (Phi) is 3.24. The lowest BCUT2D eigenvalue weighted by atomic mass is 9.90. The summed E-state index contributed by atoms with van der Waals surface area (Å²) in [7, 11) is 3.34. The van der Waals surface area contributed by atoms with E-state index in [1.165, 1.54) is 7.11 Å². The summed E-state index contributed by atoms with van der Waals surface area (Å²) in [5, 5.41) is 7.54. The molecule has 1 saturated heterocycles. The number of carbonyl (C=O) groups is 1. The summed E-state index contributed by atoms with van der Waals surface area (Å²) in [5.74, 6) is -0.0909. The molecular formula is C11H17N3O2. The normalized spacial score (nSPS) is 25.4. The molecule has 1 aromatic rings. The molecule has 2 rings (SSSR count). The number of ether oxygens (including phenoxy) is 1. The van der Waals surface area contributed by atoms with Crippen LogP contribution in [0.25, 0.3) is 0 Å². The minimum Gasteiger partial charge on any atom is -0.469 e. The molecule has 1 N–H and O–H groups in total. The van der Waals surface area contributed by atoms with E-state index >= 15 is 0 Å². The highest BCUT2D eigenvalue weighted by Gasteiger charge is 2.28. The number of nitrogens with one attached hydrogen (secondary N) is 1. The van der Waals surface area contributed by atoms with Crippen LogP contribution in [0.1, 0.15) is 24.4 Å². The van der Waals surface area contributed by atoms with Crippen molar-refractivity contribution in [2.24, 2.45) is 13.0 Å². The molecule has 2 atom stereocenters. The molecule has 0 radical (unpaired) electrons. The maximum absolute atomic E-state index is 11.5. The third-order valence-electron chi connectivity index (χ3n) is 3.07. The Balaban J connectivity index is 2.04. The fourth-order valence-electron chi connectivity index (χ4n) is 2.17. The van der Waals surface area contributed by atoms with Crippen LogP contribution in [0, 0.1) is 5.92 Å². The lowest BCUT2D eigenvalue weighted by Gasteiger charge is -2.28. The van der Waals surface area contributed by atoms with Crippen LogP contribution >= 0.6 is 0 Å². The number of piperidine rings is 1. The van der Waals surface area contributed by atoms with Crippen LogP contribution in [0.15, 0.2) is 12.4 Å². The number of aryl methyl sites for hydroxylation is 1. The fourth-order valence-corrected chi connectivity index (χ4v) is 2.17. The zero-order chi connectivity index (χ0) is 11.5. The predicted molar refractivity (Wildman–Crippen MR) is 58.7 cm³/mol. The largest absolute Gasteiger partial charge is 0.469 e. The molecule has 1 fully saturated rings. The first-order valence-electron chi connectivity index (χ1n) is 5.50. The van der Waals surface area contributed by atoms with Gasteiger partial charge in [-0.2, -0.15) is 5.10 Å². The van der Waals surface area contributed by atoms with Crippen LogP contribution in [-0.2, 0) is 16.6 Å². The molecule has 5 nitrogen and oxygen atoms in total. The van der Waals surface area contributed by atoms with Crippen LogP contribution < -0.4 is 5.32 Å². The number of aromatic nitrogens is 2. The molecule has 0 bridgehead atoms. The van der Waals surface area contributed by atoms with Gasteiger partial charge in [-0.3, -0.25) is 9.48 Å². The van der Waals surface area contributed by atoms with Gasteiger partial charge in [-0.05, 0) is 19.4 Å². The lowest BCUT2D eigenvalue weighted by Crippen LogP contribution is -2.35. The van der Waals surface area contributed by atoms with E-state index in [0.29, 0.717) is 0 Å². The van der Waals surface area contributed by atoms with Gasteiger partial charge < -0.3 is 10.1 Å². The first kappa shape index (κ1) is 11.1. The van der Waals surface area contributed by atoms with Gasteiger partial charge >= 0.3 is 5.97 Å². The van der Waals surface area contributed by atoms with Gasteiger partial charge in [0.1, 0.15) is 0 Å². The van der Waals surface area contributed by atoms with Gasteiger partial charge in [0.05, 0.1) is 19.2 Å². The van der Waals surface area contributed by atoms with Crippen LogP contribution in [0.4, 0.5) is 0 Å². The second-order valence-electron chi connectivity index (χ2n) is 4.20. The molecule has 88 valence electrons. The SMILES string of the molecule is COC(=O)C1CCNC(c2cnn(C)c2)C1. The quantitative estimate of drug-likeness (QED) is 0.747. The minimum atomic E-state index is -0.101. The Labute approximate surface area is 94.8 Å². The number of esters is 1. The smallest absolute Gasteiger partial charge is 0.308 e. The number of carbonyl (C=O) groups excluding carboxylic acids is 1. The number of rotatable bonds is 2. The molecule has 2 unspecified atom stereocenters. The number of methoxy groups -OCH3 is 1. The minimum absolute atomic E-state index is 0.0106. The molecule has 0 spiro atoms. The van der Waals surface area contributed by atoms with E-state index in [2.05, 4.69) is 10.4 Å². The molecule has 5 heteroatoms. The highest BCUT2D eigenvalue weighted by Crippen LogP contribution is 2.27. The first-order valence-corrected chi connectivity index (χ1v) is 5.50. The molecule has 0 saturated carbocycles. The molecule has 16 heavy (non-hydrogen) atoms. The second kappa shape index (κ2) is 4.65. The van der Waals surface area contributed by atoms with E-state index in [9.17, 15) is 4.79 Å². The molecule has 0 amide bonds. The lowest BCUT2D eigenvalue weighted by molar-refractivity contribution is -0.146. The fraction of sp³-hybridized carbons (Fsp3) is 0.636. The van der Waals surface area contributed by atoms with Crippen LogP contribution in [0.2, 0.25) is 0 Å². The van der Waals surface area contributed by atoms with Crippen LogP contribution in [0.5, 0.6) is 0 Å². The highest BCUT2D eigenvalue weighted by molar-refractivity contribution is 5.72. The second-order valence-corrected chi connectivity index (χ2v) is 4.20. The van der Waals surface area contributed by atoms with Crippen molar-refractivity contribution in [2.45, 2.75) is 18.9 Å². The zero-order valence-corrected chi connectivity index (χ0v) is 9.64.